The molecule has 0 aromatic heterocycles. The van der Waals surface area contributed by atoms with E-state index in [0.29, 0.717) is 6.54 Å². The van der Waals surface area contributed by atoms with Crippen molar-refractivity contribution in [3.8, 4) is 5.75 Å². The third-order valence-corrected chi connectivity index (χ3v) is 3.79. The van der Waals surface area contributed by atoms with Gasteiger partial charge in [-0.05, 0) is 24.6 Å². The van der Waals surface area contributed by atoms with Crippen molar-refractivity contribution in [2.24, 2.45) is 0 Å². The average molecular weight is 363 g/mol. The van der Waals surface area contributed by atoms with Gasteiger partial charge in [0.2, 0.25) is 6.10 Å². The lowest BCUT2D eigenvalue weighted by Crippen LogP contribution is -2.37. The summed E-state index contributed by atoms with van der Waals surface area (Å²) in [6.07, 6.45) is 0.209. The molecule has 0 heterocycles. The lowest BCUT2D eigenvalue weighted by atomic mass is 10.1. The van der Waals surface area contributed by atoms with Crippen molar-refractivity contribution < 1.29 is 9.53 Å². The first-order chi connectivity index (χ1) is 11.8. The Morgan fingerprint density at radius 2 is 1.68 bits per heavy atom. The van der Waals surface area contributed by atoms with E-state index in [0.717, 1.165) is 36.4 Å². The van der Waals surface area contributed by atoms with Gasteiger partial charge in [-0.1, -0.05) is 62.4 Å². The van der Waals surface area contributed by atoms with Crippen LogP contribution in [0.3, 0.4) is 0 Å². The smallest absolute Gasteiger partial charge is 0.265 e. The number of carbonyl (C=O) groups excluding carboxylic acids is 1. The van der Waals surface area contributed by atoms with Gasteiger partial charge in [0.15, 0.2) is 0 Å². The normalized spacial score (nSPS) is 11.3. The molecule has 0 bridgehead atoms. The number of benzene rings is 2. The standard InChI is InChI=1S/C20H26N2O2.ClH/c1-3-16-10-8-9-13-18(16)24-19(17-11-6-5-7-12-17)20(23)22-15-14-21-4-2;/h5-13,19,21H,3-4,14-15H2,1-2H3,(H,22,23);1H. The van der Waals surface area contributed by atoms with E-state index in [1.54, 1.807) is 0 Å². The lowest BCUT2D eigenvalue weighted by molar-refractivity contribution is -0.128. The number of amides is 1. The third kappa shape index (κ3) is 6.40. The van der Waals surface area contributed by atoms with Crippen LogP contribution in [0.5, 0.6) is 5.75 Å². The summed E-state index contributed by atoms with van der Waals surface area (Å²) in [5.74, 6) is 0.640. The fourth-order valence-electron chi connectivity index (χ4n) is 2.48. The fraction of sp³-hybridized carbons (Fsp3) is 0.350. The quantitative estimate of drug-likeness (QED) is 0.671. The van der Waals surface area contributed by atoms with Gasteiger partial charge in [0.25, 0.3) is 5.91 Å². The Labute approximate surface area is 156 Å². The monoisotopic (exact) mass is 362 g/mol. The van der Waals surface area contributed by atoms with Gasteiger partial charge in [-0.3, -0.25) is 4.79 Å². The highest BCUT2D eigenvalue weighted by atomic mass is 35.5. The molecule has 0 spiro atoms. The lowest BCUT2D eigenvalue weighted by Gasteiger charge is -2.21. The van der Waals surface area contributed by atoms with Gasteiger partial charge in [0, 0.05) is 18.7 Å². The van der Waals surface area contributed by atoms with E-state index >= 15 is 0 Å². The zero-order valence-corrected chi connectivity index (χ0v) is 15.6. The molecular weight excluding hydrogens is 336 g/mol. The van der Waals surface area contributed by atoms with E-state index in [9.17, 15) is 4.79 Å². The fourth-order valence-corrected chi connectivity index (χ4v) is 2.48. The molecule has 0 aliphatic heterocycles. The summed E-state index contributed by atoms with van der Waals surface area (Å²) in [6.45, 7) is 6.33. The highest BCUT2D eigenvalue weighted by Crippen LogP contribution is 2.26. The first-order valence-electron chi connectivity index (χ1n) is 8.54. The topological polar surface area (TPSA) is 50.4 Å². The number of ether oxygens (including phenoxy) is 1. The van der Waals surface area contributed by atoms with Crippen LogP contribution in [-0.4, -0.2) is 25.5 Å². The molecule has 0 saturated carbocycles. The Hall–Kier alpha value is -2.04. The number of para-hydroxylation sites is 1. The number of aryl methyl sites for hydroxylation is 1. The molecule has 1 atom stereocenters. The zero-order valence-electron chi connectivity index (χ0n) is 14.8. The van der Waals surface area contributed by atoms with Crippen LogP contribution in [-0.2, 0) is 11.2 Å². The maximum atomic E-state index is 12.6. The first-order valence-corrected chi connectivity index (χ1v) is 8.54. The zero-order chi connectivity index (χ0) is 17.2. The molecule has 0 radical (unpaired) electrons. The van der Waals surface area contributed by atoms with Crippen LogP contribution in [0.4, 0.5) is 0 Å². The van der Waals surface area contributed by atoms with Gasteiger partial charge in [0.1, 0.15) is 5.75 Å². The molecule has 0 aliphatic rings. The van der Waals surface area contributed by atoms with E-state index in [1.165, 1.54) is 0 Å². The Bertz CT molecular complexity index is 635. The van der Waals surface area contributed by atoms with Gasteiger partial charge in [-0.15, -0.1) is 12.4 Å². The van der Waals surface area contributed by atoms with Crippen molar-refractivity contribution >= 4 is 18.3 Å². The minimum absolute atomic E-state index is 0. The number of halogens is 1. The number of rotatable bonds is 9. The number of hydrogen-bond donors (Lipinski definition) is 2. The summed E-state index contributed by atoms with van der Waals surface area (Å²) in [4.78, 5) is 12.6. The molecule has 0 saturated heterocycles. The van der Waals surface area contributed by atoms with E-state index < -0.39 is 6.10 Å². The van der Waals surface area contributed by atoms with Crippen LogP contribution in [0.2, 0.25) is 0 Å². The molecule has 4 nitrogen and oxygen atoms in total. The van der Waals surface area contributed by atoms with Crippen molar-refractivity contribution in [2.45, 2.75) is 26.4 Å². The first kappa shape index (κ1) is 21.0. The van der Waals surface area contributed by atoms with Crippen LogP contribution < -0.4 is 15.4 Å². The van der Waals surface area contributed by atoms with Crippen molar-refractivity contribution in [2.75, 3.05) is 19.6 Å². The average Bonchev–Trinajstić information content (AvgIpc) is 2.64. The molecule has 1 amide bonds. The summed E-state index contributed by atoms with van der Waals surface area (Å²) < 4.78 is 6.11. The maximum Gasteiger partial charge on any atom is 0.265 e. The summed E-state index contributed by atoms with van der Waals surface area (Å²) in [6, 6.07) is 17.5. The number of carbonyl (C=O) groups is 1. The van der Waals surface area contributed by atoms with Crippen LogP contribution in [0.25, 0.3) is 0 Å². The van der Waals surface area contributed by atoms with Crippen LogP contribution >= 0.6 is 12.4 Å². The van der Waals surface area contributed by atoms with E-state index in [-0.39, 0.29) is 18.3 Å². The van der Waals surface area contributed by atoms with Gasteiger partial charge < -0.3 is 15.4 Å². The summed E-state index contributed by atoms with van der Waals surface area (Å²) in [7, 11) is 0. The molecular formula is C20H27ClN2O2. The minimum Gasteiger partial charge on any atom is -0.476 e. The Kier molecular flexibility index (Phi) is 9.66. The summed E-state index contributed by atoms with van der Waals surface area (Å²) in [5, 5.41) is 6.14. The van der Waals surface area contributed by atoms with E-state index in [1.807, 2.05) is 61.5 Å². The van der Waals surface area contributed by atoms with E-state index in [4.69, 9.17) is 4.74 Å². The van der Waals surface area contributed by atoms with Gasteiger partial charge in [-0.25, -0.2) is 0 Å². The van der Waals surface area contributed by atoms with Crippen molar-refractivity contribution in [3.05, 3.63) is 65.7 Å². The SMILES string of the molecule is CCNCCNC(=O)C(Oc1ccccc1CC)c1ccccc1.Cl. The maximum absolute atomic E-state index is 12.6. The molecule has 2 N–H and O–H groups in total. The Balaban J connectivity index is 0.00000312. The molecule has 1 unspecified atom stereocenters. The highest BCUT2D eigenvalue weighted by Gasteiger charge is 2.23. The third-order valence-electron chi connectivity index (χ3n) is 3.79. The van der Waals surface area contributed by atoms with Gasteiger partial charge in [-0.2, -0.15) is 0 Å². The second kappa shape index (κ2) is 11.5. The van der Waals surface area contributed by atoms with E-state index in [2.05, 4.69) is 17.6 Å². The van der Waals surface area contributed by atoms with Crippen molar-refractivity contribution in [1.82, 2.24) is 10.6 Å². The van der Waals surface area contributed by atoms with Crippen LogP contribution in [0.1, 0.15) is 31.1 Å². The molecule has 0 fully saturated rings. The highest BCUT2D eigenvalue weighted by molar-refractivity contribution is 5.85. The second-order valence-corrected chi connectivity index (χ2v) is 5.51. The predicted molar refractivity (Wildman–Crippen MR) is 104 cm³/mol. The summed E-state index contributed by atoms with van der Waals surface area (Å²) in [5.41, 5.74) is 1.95. The minimum atomic E-state index is -0.652. The van der Waals surface area contributed by atoms with Crippen molar-refractivity contribution in [1.29, 1.82) is 0 Å². The molecule has 0 aliphatic carbocycles. The molecule has 136 valence electrons. The molecule has 5 heteroatoms. The van der Waals surface area contributed by atoms with Crippen LogP contribution in [0, 0.1) is 0 Å². The Morgan fingerprint density at radius 3 is 2.36 bits per heavy atom. The summed E-state index contributed by atoms with van der Waals surface area (Å²) >= 11 is 0. The number of likely N-dealkylation sites (N-methyl/N-ethyl adjacent to an activating group) is 1. The molecule has 2 rings (SSSR count). The second-order valence-electron chi connectivity index (χ2n) is 5.51. The molecule has 25 heavy (non-hydrogen) atoms. The van der Waals surface area contributed by atoms with Gasteiger partial charge >= 0.3 is 0 Å². The largest absolute Gasteiger partial charge is 0.476 e. The van der Waals surface area contributed by atoms with Crippen molar-refractivity contribution in [3.63, 3.8) is 0 Å². The number of hydrogen-bond acceptors (Lipinski definition) is 3. The Morgan fingerprint density at radius 1 is 1.00 bits per heavy atom. The molecule has 2 aromatic rings. The number of nitrogens with one attached hydrogen (secondary N) is 2. The molecule has 2 aromatic carbocycles. The van der Waals surface area contributed by atoms with Gasteiger partial charge in [0.05, 0.1) is 0 Å². The predicted octanol–water partition coefficient (Wildman–Crippen LogP) is 3.52. The van der Waals surface area contributed by atoms with Crippen LogP contribution in [0.15, 0.2) is 54.6 Å².